The SMILES string of the molecule is Cc1oc(-c2ccccc2)nc1CC(=O)NC(C)CN1CCN(c2ncccn2)CC1. The molecule has 1 saturated heterocycles. The van der Waals surface area contributed by atoms with E-state index in [0.29, 0.717) is 17.3 Å². The van der Waals surface area contributed by atoms with E-state index in [-0.39, 0.29) is 18.4 Å². The number of rotatable bonds is 7. The molecule has 0 aliphatic carbocycles. The molecule has 0 radical (unpaired) electrons. The van der Waals surface area contributed by atoms with Crippen LogP contribution in [0.4, 0.5) is 5.95 Å². The number of piperazine rings is 1. The Hall–Kier alpha value is -3.26. The van der Waals surface area contributed by atoms with Gasteiger partial charge in [-0.25, -0.2) is 15.0 Å². The van der Waals surface area contributed by atoms with Gasteiger partial charge in [0.15, 0.2) is 0 Å². The first-order chi connectivity index (χ1) is 15.1. The lowest BCUT2D eigenvalue weighted by Crippen LogP contribution is -2.51. The second-order valence-corrected chi connectivity index (χ2v) is 7.87. The highest BCUT2D eigenvalue weighted by Crippen LogP contribution is 2.21. The van der Waals surface area contributed by atoms with Crippen molar-refractivity contribution in [3.05, 3.63) is 60.2 Å². The molecule has 162 valence electrons. The number of hydrogen-bond donors (Lipinski definition) is 1. The maximum atomic E-state index is 12.6. The van der Waals surface area contributed by atoms with Gasteiger partial charge in [0, 0.05) is 56.7 Å². The maximum Gasteiger partial charge on any atom is 0.226 e. The van der Waals surface area contributed by atoms with E-state index in [9.17, 15) is 4.79 Å². The zero-order valence-electron chi connectivity index (χ0n) is 18.0. The molecule has 1 fully saturated rings. The topological polar surface area (TPSA) is 87.4 Å². The molecule has 8 heteroatoms. The lowest BCUT2D eigenvalue weighted by Gasteiger charge is -2.35. The van der Waals surface area contributed by atoms with Gasteiger partial charge in [0.2, 0.25) is 17.7 Å². The van der Waals surface area contributed by atoms with Crippen LogP contribution in [0.2, 0.25) is 0 Å². The Balaban J connectivity index is 1.25. The summed E-state index contributed by atoms with van der Waals surface area (Å²) >= 11 is 0. The Bertz CT molecular complexity index is 984. The monoisotopic (exact) mass is 420 g/mol. The van der Waals surface area contributed by atoms with E-state index < -0.39 is 0 Å². The molecule has 2 aromatic heterocycles. The van der Waals surface area contributed by atoms with Crippen molar-refractivity contribution in [1.29, 1.82) is 0 Å². The van der Waals surface area contributed by atoms with Crippen molar-refractivity contribution in [2.45, 2.75) is 26.3 Å². The fraction of sp³-hybridized carbons (Fsp3) is 0.391. The van der Waals surface area contributed by atoms with Gasteiger partial charge >= 0.3 is 0 Å². The number of carbonyl (C=O) groups excluding carboxylic acids is 1. The number of carbonyl (C=O) groups is 1. The fourth-order valence-corrected chi connectivity index (χ4v) is 3.79. The molecule has 1 atom stereocenters. The Morgan fingerprint density at radius 3 is 2.52 bits per heavy atom. The van der Waals surface area contributed by atoms with Gasteiger partial charge in [-0.15, -0.1) is 0 Å². The standard InChI is InChI=1S/C23H28N6O2/c1-17(16-28-11-13-29(14-12-28)23-24-9-6-10-25-23)26-21(30)15-20-18(2)31-22(27-20)19-7-4-3-5-8-19/h3-10,17H,11-16H2,1-2H3,(H,26,30). The van der Waals surface area contributed by atoms with E-state index in [1.165, 1.54) is 0 Å². The van der Waals surface area contributed by atoms with Crippen molar-refractivity contribution < 1.29 is 9.21 Å². The highest BCUT2D eigenvalue weighted by atomic mass is 16.4. The Morgan fingerprint density at radius 2 is 1.81 bits per heavy atom. The average Bonchev–Trinajstić information content (AvgIpc) is 3.15. The number of anilines is 1. The van der Waals surface area contributed by atoms with E-state index in [1.807, 2.05) is 50.2 Å². The molecule has 3 heterocycles. The van der Waals surface area contributed by atoms with Gasteiger partial charge in [0.25, 0.3) is 0 Å². The minimum absolute atomic E-state index is 0.0418. The number of nitrogens with one attached hydrogen (secondary N) is 1. The van der Waals surface area contributed by atoms with Crippen LogP contribution in [0.1, 0.15) is 18.4 Å². The van der Waals surface area contributed by atoms with Crippen molar-refractivity contribution in [2.75, 3.05) is 37.6 Å². The minimum Gasteiger partial charge on any atom is -0.441 e. The first-order valence-electron chi connectivity index (χ1n) is 10.6. The summed E-state index contributed by atoms with van der Waals surface area (Å²) in [5.74, 6) is 1.97. The van der Waals surface area contributed by atoms with Crippen molar-refractivity contribution in [3.63, 3.8) is 0 Å². The van der Waals surface area contributed by atoms with Crippen LogP contribution in [0.15, 0.2) is 53.2 Å². The molecule has 4 rings (SSSR count). The van der Waals surface area contributed by atoms with Crippen molar-refractivity contribution >= 4 is 11.9 Å². The number of amides is 1. The minimum atomic E-state index is -0.0418. The molecule has 1 unspecified atom stereocenters. The quantitative estimate of drug-likeness (QED) is 0.628. The molecule has 1 aromatic carbocycles. The molecule has 1 aliphatic rings. The number of aromatic nitrogens is 3. The molecule has 8 nitrogen and oxygen atoms in total. The zero-order chi connectivity index (χ0) is 21.6. The summed E-state index contributed by atoms with van der Waals surface area (Å²) in [6.45, 7) is 8.29. The third-order valence-corrected chi connectivity index (χ3v) is 5.39. The summed E-state index contributed by atoms with van der Waals surface area (Å²) in [6, 6.07) is 11.6. The summed E-state index contributed by atoms with van der Waals surface area (Å²) in [7, 11) is 0. The summed E-state index contributed by atoms with van der Waals surface area (Å²) in [6.07, 6.45) is 3.75. The summed E-state index contributed by atoms with van der Waals surface area (Å²) in [5, 5.41) is 3.09. The maximum absolute atomic E-state index is 12.6. The van der Waals surface area contributed by atoms with Crippen molar-refractivity contribution in [1.82, 2.24) is 25.2 Å². The Labute approximate surface area is 182 Å². The highest BCUT2D eigenvalue weighted by Gasteiger charge is 2.21. The zero-order valence-corrected chi connectivity index (χ0v) is 18.0. The lowest BCUT2D eigenvalue weighted by molar-refractivity contribution is -0.121. The van der Waals surface area contributed by atoms with E-state index in [2.05, 4.69) is 30.1 Å². The first kappa shape index (κ1) is 21.0. The van der Waals surface area contributed by atoms with Crippen LogP contribution in [-0.2, 0) is 11.2 Å². The molecule has 31 heavy (non-hydrogen) atoms. The number of aryl methyl sites for hydroxylation is 1. The third-order valence-electron chi connectivity index (χ3n) is 5.39. The smallest absolute Gasteiger partial charge is 0.226 e. The predicted molar refractivity (Wildman–Crippen MR) is 119 cm³/mol. The first-order valence-corrected chi connectivity index (χ1v) is 10.6. The number of hydrogen-bond acceptors (Lipinski definition) is 7. The molecular weight excluding hydrogens is 392 g/mol. The summed E-state index contributed by atoms with van der Waals surface area (Å²) < 4.78 is 5.76. The van der Waals surface area contributed by atoms with Crippen LogP contribution in [-0.4, -0.2) is 64.5 Å². The molecule has 3 aromatic rings. The van der Waals surface area contributed by atoms with Gasteiger partial charge in [-0.05, 0) is 32.0 Å². The number of nitrogens with zero attached hydrogens (tertiary/aromatic N) is 5. The van der Waals surface area contributed by atoms with Crippen molar-refractivity contribution in [2.24, 2.45) is 0 Å². The van der Waals surface area contributed by atoms with Crippen LogP contribution < -0.4 is 10.2 Å². The van der Waals surface area contributed by atoms with E-state index in [4.69, 9.17) is 4.42 Å². The molecule has 0 bridgehead atoms. The summed E-state index contributed by atoms with van der Waals surface area (Å²) in [4.78, 5) is 30.3. The van der Waals surface area contributed by atoms with Gasteiger partial charge in [-0.3, -0.25) is 9.69 Å². The van der Waals surface area contributed by atoms with Gasteiger partial charge in [-0.2, -0.15) is 0 Å². The molecule has 1 N–H and O–H groups in total. The molecule has 1 aliphatic heterocycles. The van der Waals surface area contributed by atoms with Gasteiger partial charge in [0.1, 0.15) is 5.76 Å². The van der Waals surface area contributed by atoms with E-state index in [1.54, 1.807) is 12.4 Å². The van der Waals surface area contributed by atoms with Crippen LogP contribution in [0.25, 0.3) is 11.5 Å². The number of oxazole rings is 1. The molecule has 1 amide bonds. The third kappa shape index (κ3) is 5.46. The van der Waals surface area contributed by atoms with Gasteiger partial charge < -0.3 is 14.6 Å². The second-order valence-electron chi connectivity index (χ2n) is 7.87. The molecule has 0 spiro atoms. The van der Waals surface area contributed by atoms with Crippen LogP contribution in [0, 0.1) is 6.92 Å². The summed E-state index contributed by atoms with van der Waals surface area (Å²) in [5.41, 5.74) is 1.59. The van der Waals surface area contributed by atoms with Crippen molar-refractivity contribution in [3.8, 4) is 11.5 Å². The normalized spacial score (nSPS) is 15.6. The van der Waals surface area contributed by atoms with E-state index in [0.717, 1.165) is 44.2 Å². The Morgan fingerprint density at radius 1 is 1.10 bits per heavy atom. The van der Waals surface area contributed by atoms with E-state index >= 15 is 0 Å². The lowest BCUT2D eigenvalue weighted by atomic mass is 10.2. The fourth-order valence-electron chi connectivity index (χ4n) is 3.79. The second kappa shape index (κ2) is 9.70. The van der Waals surface area contributed by atoms with Gasteiger partial charge in [-0.1, -0.05) is 18.2 Å². The number of benzene rings is 1. The van der Waals surface area contributed by atoms with Crippen LogP contribution in [0.5, 0.6) is 0 Å². The predicted octanol–water partition coefficient (Wildman–Crippen LogP) is 2.31. The van der Waals surface area contributed by atoms with Gasteiger partial charge in [0.05, 0.1) is 12.1 Å². The molecule has 0 saturated carbocycles. The van der Waals surface area contributed by atoms with Crippen LogP contribution >= 0.6 is 0 Å². The van der Waals surface area contributed by atoms with Crippen LogP contribution in [0.3, 0.4) is 0 Å². The highest BCUT2D eigenvalue weighted by molar-refractivity contribution is 5.78. The Kier molecular flexibility index (Phi) is 6.57. The average molecular weight is 421 g/mol. The largest absolute Gasteiger partial charge is 0.441 e. The molecular formula is C23H28N6O2.